The van der Waals surface area contributed by atoms with E-state index in [9.17, 15) is 4.79 Å². The average molecular weight is 167 g/mol. The van der Waals surface area contributed by atoms with E-state index in [1.165, 1.54) is 0 Å². The van der Waals surface area contributed by atoms with Crippen molar-refractivity contribution in [2.45, 2.75) is 4.83 Å². The van der Waals surface area contributed by atoms with E-state index in [2.05, 4.69) is 20.7 Å². The molecule has 42 valence electrons. The van der Waals surface area contributed by atoms with Crippen molar-refractivity contribution in [2.24, 2.45) is 0 Å². The fraction of sp³-hybridized carbons (Fsp3) is 0.750. The molecule has 0 aliphatic rings. The van der Waals surface area contributed by atoms with Crippen LogP contribution >= 0.6 is 15.9 Å². The molecular weight excluding hydrogens is 160 g/mol. The standard InChI is InChI=1S/C4H7BrO2/c1-7-3-4(5)2-6/h2,4H,3H2,1H3. The van der Waals surface area contributed by atoms with Crippen LogP contribution < -0.4 is 0 Å². The summed E-state index contributed by atoms with van der Waals surface area (Å²) in [7, 11) is 1.55. The second kappa shape index (κ2) is 4.27. The van der Waals surface area contributed by atoms with Gasteiger partial charge in [0.1, 0.15) is 6.29 Å². The largest absolute Gasteiger partial charge is 0.383 e. The monoisotopic (exact) mass is 166 g/mol. The van der Waals surface area contributed by atoms with Crippen LogP contribution in [0.25, 0.3) is 0 Å². The highest BCUT2D eigenvalue weighted by Crippen LogP contribution is 1.92. The van der Waals surface area contributed by atoms with Gasteiger partial charge in [0, 0.05) is 7.11 Å². The quantitative estimate of drug-likeness (QED) is 0.454. The smallest absolute Gasteiger partial charge is 0.135 e. The normalized spacial score (nSPS) is 13.4. The summed E-state index contributed by atoms with van der Waals surface area (Å²) in [6.45, 7) is 0.448. The molecule has 3 heteroatoms. The SMILES string of the molecule is COCC(Br)C=O. The zero-order valence-electron chi connectivity index (χ0n) is 4.06. The lowest BCUT2D eigenvalue weighted by molar-refractivity contribution is -0.108. The lowest BCUT2D eigenvalue weighted by atomic mass is 10.5. The lowest BCUT2D eigenvalue weighted by Crippen LogP contribution is -2.06. The topological polar surface area (TPSA) is 26.3 Å². The highest BCUT2D eigenvalue weighted by Gasteiger charge is 1.96. The van der Waals surface area contributed by atoms with Crippen molar-refractivity contribution in [2.75, 3.05) is 13.7 Å². The van der Waals surface area contributed by atoms with E-state index in [0.717, 1.165) is 6.29 Å². The highest BCUT2D eigenvalue weighted by atomic mass is 79.9. The van der Waals surface area contributed by atoms with Crippen molar-refractivity contribution in [3.05, 3.63) is 0 Å². The minimum Gasteiger partial charge on any atom is -0.383 e. The van der Waals surface area contributed by atoms with Gasteiger partial charge in [0.15, 0.2) is 0 Å². The van der Waals surface area contributed by atoms with E-state index in [1.807, 2.05) is 0 Å². The Morgan fingerprint density at radius 2 is 2.57 bits per heavy atom. The van der Waals surface area contributed by atoms with Gasteiger partial charge in [-0.2, -0.15) is 0 Å². The van der Waals surface area contributed by atoms with E-state index >= 15 is 0 Å². The van der Waals surface area contributed by atoms with Crippen LogP contribution in [-0.2, 0) is 9.53 Å². The third kappa shape index (κ3) is 3.95. The molecule has 0 amide bonds. The van der Waals surface area contributed by atoms with Gasteiger partial charge in [-0.15, -0.1) is 0 Å². The first-order chi connectivity index (χ1) is 3.31. The lowest BCUT2D eigenvalue weighted by Gasteiger charge is -1.94. The molecule has 0 saturated heterocycles. The van der Waals surface area contributed by atoms with Crippen LogP contribution in [0.15, 0.2) is 0 Å². The van der Waals surface area contributed by atoms with Gasteiger partial charge in [0.25, 0.3) is 0 Å². The van der Waals surface area contributed by atoms with Crippen LogP contribution in [-0.4, -0.2) is 24.8 Å². The summed E-state index contributed by atoms with van der Waals surface area (Å²) in [6, 6.07) is 0. The van der Waals surface area contributed by atoms with Crippen molar-refractivity contribution < 1.29 is 9.53 Å². The first-order valence-corrected chi connectivity index (χ1v) is 2.81. The maximum atomic E-state index is 9.77. The number of halogens is 1. The Bertz CT molecular complexity index is 55.7. The maximum absolute atomic E-state index is 9.77. The molecule has 0 heterocycles. The number of hydrogen-bond donors (Lipinski definition) is 0. The second-order valence-electron chi connectivity index (χ2n) is 1.11. The predicted molar refractivity (Wildman–Crippen MR) is 30.7 cm³/mol. The van der Waals surface area contributed by atoms with Gasteiger partial charge in [-0.1, -0.05) is 15.9 Å². The van der Waals surface area contributed by atoms with Crippen LogP contribution in [0.4, 0.5) is 0 Å². The molecule has 0 aromatic carbocycles. The summed E-state index contributed by atoms with van der Waals surface area (Å²) in [6.07, 6.45) is 0.795. The Kier molecular flexibility index (Phi) is 4.34. The van der Waals surface area contributed by atoms with Gasteiger partial charge in [-0.3, -0.25) is 0 Å². The highest BCUT2D eigenvalue weighted by molar-refractivity contribution is 9.10. The molecule has 1 atom stereocenters. The molecule has 0 spiro atoms. The maximum Gasteiger partial charge on any atom is 0.135 e. The molecule has 0 N–H and O–H groups in total. The first kappa shape index (κ1) is 7.11. The minimum atomic E-state index is -0.141. The predicted octanol–water partition coefficient (Wildman–Crippen LogP) is 0.595. The molecule has 0 aliphatic carbocycles. The van der Waals surface area contributed by atoms with Gasteiger partial charge in [0.2, 0.25) is 0 Å². The van der Waals surface area contributed by atoms with E-state index in [1.54, 1.807) is 7.11 Å². The second-order valence-corrected chi connectivity index (χ2v) is 2.28. The molecule has 0 saturated carbocycles. The Morgan fingerprint density at radius 1 is 2.00 bits per heavy atom. The van der Waals surface area contributed by atoms with Gasteiger partial charge in [-0.05, 0) is 0 Å². The molecule has 0 fully saturated rings. The van der Waals surface area contributed by atoms with Crippen molar-refractivity contribution in [3.63, 3.8) is 0 Å². The third-order valence-electron chi connectivity index (χ3n) is 0.474. The Morgan fingerprint density at radius 3 is 2.71 bits per heavy atom. The number of aldehydes is 1. The molecule has 0 bridgehead atoms. The summed E-state index contributed by atoms with van der Waals surface area (Å²) >= 11 is 3.04. The third-order valence-corrected chi connectivity index (χ3v) is 0.954. The van der Waals surface area contributed by atoms with Crippen LogP contribution in [0.2, 0.25) is 0 Å². The number of rotatable bonds is 3. The van der Waals surface area contributed by atoms with Gasteiger partial charge in [0.05, 0.1) is 11.4 Å². The number of alkyl halides is 1. The van der Waals surface area contributed by atoms with Gasteiger partial charge in [-0.25, -0.2) is 0 Å². The Labute approximate surface area is 51.0 Å². The van der Waals surface area contributed by atoms with Crippen molar-refractivity contribution in [1.82, 2.24) is 0 Å². The van der Waals surface area contributed by atoms with Crippen molar-refractivity contribution >= 4 is 22.2 Å². The van der Waals surface area contributed by atoms with Crippen molar-refractivity contribution in [3.8, 4) is 0 Å². The van der Waals surface area contributed by atoms with Gasteiger partial charge < -0.3 is 9.53 Å². The van der Waals surface area contributed by atoms with E-state index < -0.39 is 0 Å². The molecule has 0 radical (unpaired) electrons. The zero-order chi connectivity index (χ0) is 5.70. The first-order valence-electron chi connectivity index (χ1n) is 1.89. The van der Waals surface area contributed by atoms with Crippen LogP contribution in [0, 0.1) is 0 Å². The molecule has 0 rings (SSSR count). The number of carbonyl (C=O) groups is 1. The van der Waals surface area contributed by atoms with E-state index in [-0.39, 0.29) is 4.83 Å². The molecule has 0 aromatic rings. The number of carbonyl (C=O) groups excluding carboxylic acids is 1. The Balaban J connectivity index is 2.98. The van der Waals surface area contributed by atoms with Crippen LogP contribution in [0.1, 0.15) is 0 Å². The zero-order valence-corrected chi connectivity index (χ0v) is 5.64. The van der Waals surface area contributed by atoms with Gasteiger partial charge >= 0.3 is 0 Å². The average Bonchev–Trinajstić information content (AvgIpc) is 1.68. The van der Waals surface area contributed by atoms with Crippen LogP contribution in [0.5, 0.6) is 0 Å². The number of hydrogen-bond acceptors (Lipinski definition) is 2. The number of methoxy groups -OCH3 is 1. The van der Waals surface area contributed by atoms with E-state index in [4.69, 9.17) is 0 Å². The minimum absolute atomic E-state index is 0.141. The molecular formula is C4H7BrO2. The Hall–Kier alpha value is 0.110. The van der Waals surface area contributed by atoms with Crippen LogP contribution in [0.3, 0.4) is 0 Å². The fourth-order valence-electron chi connectivity index (χ4n) is 0.199. The molecule has 0 aliphatic heterocycles. The molecule has 1 unspecified atom stereocenters. The van der Waals surface area contributed by atoms with Crippen molar-refractivity contribution in [1.29, 1.82) is 0 Å². The summed E-state index contributed by atoms with van der Waals surface area (Å²) in [5.74, 6) is 0. The summed E-state index contributed by atoms with van der Waals surface area (Å²) in [5, 5.41) is 0. The fourth-order valence-corrected chi connectivity index (χ4v) is 0.463. The summed E-state index contributed by atoms with van der Waals surface area (Å²) in [5.41, 5.74) is 0. The molecule has 7 heavy (non-hydrogen) atoms. The summed E-state index contributed by atoms with van der Waals surface area (Å²) in [4.78, 5) is 9.63. The molecule has 0 aromatic heterocycles. The summed E-state index contributed by atoms with van der Waals surface area (Å²) < 4.78 is 4.62. The van der Waals surface area contributed by atoms with E-state index in [0.29, 0.717) is 6.61 Å². The number of ether oxygens (including phenoxy) is 1. The molecule has 2 nitrogen and oxygen atoms in total.